The molecule has 0 spiro atoms. The molecule has 1 unspecified atom stereocenters. The first-order valence-electron chi connectivity index (χ1n) is 10.8. The maximum absolute atomic E-state index is 13.8. The molecule has 1 aliphatic rings. The van der Waals surface area contributed by atoms with E-state index in [9.17, 15) is 22.4 Å². The van der Waals surface area contributed by atoms with Crippen molar-refractivity contribution in [2.75, 3.05) is 51.8 Å². The van der Waals surface area contributed by atoms with Gasteiger partial charge in [0.25, 0.3) is 0 Å². The molecule has 0 saturated carbocycles. The predicted molar refractivity (Wildman–Crippen MR) is 125 cm³/mol. The first-order valence-corrected chi connectivity index (χ1v) is 12.3. The van der Waals surface area contributed by atoms with E-state index in [0.717, 1.165) is 9.87 Å². The Kier molecular flexibility index (Phi) is 8.72. The van der Waals surface area contributed by atoms with Crippen molar-refractivity contribution in [3.63, 3.8) is 0 Å². The molecule has 1 heterocycles. The van der Waals surface area contributed by atoms with Crippen LogP contribution in [0.25, 0.3) is 0 Å². The standard InChI is InChI=1S/C23H29FN4O5S/c1-17(29)26-20-6-8-21(9-7-20)34(31,32)27(2)16-23(30)25-15-22(28-10-12-33-13-11-28)18-4-3-5-19(24)14-18/h3-9,14,22H,10-13,15-16H2,1-2H3,(H,25,30)(H,26,29). The molecule has 1 aliphatic heterocycles. The topological polar surface area (TPSA) is 108 Å². The molecule has 2 aromatic carbocycles. The summed E-state index contributed by atoms with van der Waals surface area (Å²) in [6, 6.07) is 11.7. The third kappa shape index (κ3) is 6.83. The minimum atomic E-state index is -3.91. The van der Waals surface area contributed by atoms with E-state index in [0.29, 0.717) is 32.0 Å². The van der Waals surface area contributed by atoms with Gasteiger partial charge < -0.3 is 15.4 Å². The molecule has 0 aromatic heterocycles. The van der Waals surface area contributed by atoms with Crippen LogP contribution in [0, 0.1) is 5.82 Å². The van der Waals surface area contributed by atoms with E-state index in [-0.39, 0.29) is 35.8 Å². The van der Waals surface area contributed by atoms with Gasteiger partial charge >= 0.3 is 0 Å². The summed E-state index contributed by atoms with van der Waals surface area (Å²) in [6.45, 7) is 3.54. The normalized spacial score (nSPS) is 15.6. The Balaban J connectivity index is 1.63. The minimum Gasteiger partial charge on any atom is -0.379 e. The van der Waals surface area contributed by atoms with Gasteiger partial charge in [0.1, 0.15) is 5.82 Å². The van der Waals surface area contributed by atoms with Crippen LogP contribution in [0.5, 0.6) is 0 Å². The van der Waals surface area contributed by atoms with Crippen molar-refractivity contribution in [1.82, 2.24) is 14.5 Å². The molecule has 2 amide bonds. The van der Waals surface area contributed by atoms with E-state index >= 15 is 0 Å². The van der Waals surface area contributed by atoms with Crippen LogP contribution in [-0.2, 0) is 24.3 Å². The average molecular weight is 493 g/mol. The highest BCUT2D eigenvalue weighted by Crippen LogP contribution is 2.22. The summed E-state index contributed by atoms with van der Waals surface area (Å²) in [7, 11) is -2.59. The van der Waals surface area contributed by atoms with Gasteiger partial charge in [0.05, 0.1) is 30.7 Å². The lowest BCUT2D eigenvalue weighted by atomic mass is 10.0. The van der Waals surface area contributed by atoms with Crippen molar-refractivity contribution in [1.29, 1.82) is 0 Å². The lowest BCUT2D eigenvalue weighted by Gasteiger charge is -2.35. The average Bonchev–Trinajstić information content (AvgIpc) is 2.80. The summed E-state index contributed by atoms with van der Waals surface area (Å²) in [5.74, 6) is -1.11. The minimum absolute atomic E-state index is 0.00264. The number of halogens is 1. The number of likely N-dealkylation sites (N-methyl/N-ethyl adjacent to an activating group) is 1. The second-order valence-electron chi connectivity index (χ2n) is 7.99. The molecule has 2 N–H and O–H groups in total. The van der Waals surface area contributed by atoms with E-state index in [2.05, 4.69) is 15.5 Å². The van der Waals surface area contributed by atoms with Gasteiger partial charge in [-0.1, -0.05) is 12.1 Å². The largest absolute Gasteiger partial charge is 0.379 e. The third-order valence-corrected chi connectivity index (χ3v) is 7.28. The van der Waals surface area contributed by atoms with E-state index in [1.165, 1.54) is 50.4 Å². The first kappa shape index (κ1) is 25.8. The third-order valence-electron chi connectivity index (χ3n) is 5.46. The molecule has 0 bridgehead atoms. The number of benzene rings is 2. The van der Waals surface area contributed by atoms with Gasteiger partial charge in [-0.25, -0.2) is 12.8 Å². The molecule has 1 atom stereocenters. The van der Waals surface area contributed by atoms with Crippen LogP contribution < -0.4 is 10.6 Å². The number of hydrogen-bond donors (Lipinski definition) is 2. The molecule has 0 aliphatic carbocycles. The van der Waals surface area contributed by atoms with Crippen molar-refractivity contribution in [3.8, 4) is 0 Å². The van der Waals surface area contributed by atoms with Gasteiger partial charge in [-0.05, 0) is 42.0 Å². The van der Waals surface area contributed by atoms with Crippen molar-refractivity contribution in [2.45, 2.75) is 17.9 Å². The Labute approximate surface area is 198 Å². The zero-order valence-electron chi connectivity index (χ0n) is 19.2. The molecule has 1 saturated heterocycles. The number of rotatable bonds is 9. The number of nitrogens with zero attached hydrogens (tertiary/aromatic N) is 2. The summed E-state index contributed by atoms with van der Waals surface area (Å²) < 4.78 is 45.9. The van der Waals surface area contributed by atoms with E-state index in [1.54, 1.807) is 12.1 Å². The summed E-state index contributed by atoms with van der Waals surface area (Å²) in [5.41, 5.74) is 1.20. The van der Waals surface area contributed by atoms with Crippen LogP contribution >= 0.6 is 0 Å². The number of carbonyl (C=O) groups excluding carboxylic acids is 2. The summed E-state index contributed by atoms with van der Waals surface area (Å²) in [4.78, 5) is 25.9. The number of carbonyl (C=O) groups is 2. The molecular formula is C23H29FN4O5S. The second kappa shape index (κ2) is 11.5. The Hall–Kier alpha value is -2.86. The Morgan fingerprint density at radius 2 is 1.82 bits per heavy atom. The number of morpholine rings is 1. The summed E-state index contributed by atoms with van der Waals surface area (Å²) in [6.07, 6.45) is 0. The summed E-state index contributed by atoms with van der Waals surface area (Å²) in [5, 5.41) is 5.36. The quantitative estimate of drug-likeness (QED) is 0.551. The predicted octanol–water partition coefficient (Wildman–Crippen LogP) is 1.59. The number of ether oxygens (including phenoxy) is 1. The fraction of sp³-hybridized carbons (Fsp3) is 0.391. The molecule has 34 heavy (non-hydrogen) atoms. The Bertz CT molecular complexity index is 1100. The lowest BCUT2D eigenvalue weighted by Crippen LogP contribution is -2.45. The maximum Gasteiger partial charge on any atom is 0.243 e. The maximum atomic E-state index is 13.8. The van der Waals surface area contributed by atoms with Crippen molar-refractivity contribution in [3.05, 3.63) is 59.9 Å². The molecule has 0 radical (unpaired) electrons. The Morgan fingerprint density at radius 1 is 1.15 bits per heavy atom. The van der Waals surface area contributed by atoms with Crippen molar-refractivity contribution < 1.29 is 27.1 Å². The zero-order chi connectivity index (χ0) is 24.7. The summed E-state index contributed by atoms with van der Waals surface area (Å²) >= 11 is 0. The molecule has 1 fully saturated rings. The van der Waals surface area contributed by atoms with Gasteiger partial charge in [-0.2, -0.15) is 4.31 Å². The van der Waals surface area contributed by atoms with Gasteiger partial charge in [-0.15, -0.1) is 0 Å². The molecular weight excluding hydrogens is 463 g/mol. The van der Waals surface area contributed by atoms with Crippen LogP contribution in [0.15, 0.2) is 53.4 Å². The molecule has 2 aromatic rings. The highest BCUT2D eigenvalue weighted by atomic mass is 32.2. The SMILES string of the molecule is CC(=O)Nc1ccc(S(=O)(=O)N(C)CC(=O)NCC(c2cccc(F)c2)N2CCOCC2)cc1. The molecule has 3 rings (SSSR count). The highest BCUT2D eigenvalue weighted by molar-refractivity contribution is 7.89. The monoisotopic (exact) mass is 492 g/mol. The number of anilines is 1. The number of nitrogens with one attached hydrogen (secondary N) is 2. The smallest absolute Gasteiger partial charge is 0.243 e. The van der Waals surface area contributed by atoms with Gasteiger partial charge in [0, 0.05) is 39.3 Å². The lowest BCUT2D eigenvalue weighted by molar-refractivity contribution is -0.121. The second-order valence-corrected chi connectivity index (χ2v) is 10.0. The fourth-order valence-corrected chi connectivity index (χ4v) is 4.83. The molecule has 11 heteroatoms. The van der Waals surface area contributed by atoms with Gasteiger partial charge in [-0.3, -0.25) is 14.5 Å². The molecule has 184 valence electrons. The molecule has 9 nitrogen and oxygen atoms in total. The van der Waals surface area contributed by atoms with E-state index < -0.39 is 15.9 Å². The van der Waals surface area contributed by atoms with Crippen molar-refractivity contribution in [2.24, 2.45) is 0 Å². The van der Waals surface area contributed by atoms with E-state index in [1.807, 2.05) is 0 Å². The van der Waals surface area contributed by atoms with E-state index in [4.69, 9.17) is 4.74 Å². The van der Waals surface area contributed by atoms with Crippen LogP contribution in [0.4, 0.5) is 10.1 Å². The zero-order valence-corrected chi connectivity index (χ0v) is 20.0. The van der Waals surface area contributed by atoms with Crippen molar-refractivity contribution >= 4 is 27.5 Å². The Morgan fingerprint density at radius 3 is 2.44 bits per heavy atom. The number of sulfonamides is 1. The van der Waals surface area contributed by atoms with Gasteiger partial charge in [0.2, 0.25) is 21.8 Å². The first-order chi connectivity index (χ1) is 16.2. The van der Waals surface area contributed by atoms with Gasteiger partial charge in [0.15, 0.2) is 0 Å². The number of amides is 2. The van der Waals surface area contributed by atoms with Crippen LogP contribution in [0.2, 0.25) is 0 Å². The fourth-order valence-electron chi connectivity index (χ4n) is 3.71. The van der Waals surface area contributed by atoms with Crippen LogP contribution in [0.1, 0.15) is 18.5 Å². The van der Waals surface area contributed by atoms with Crippen LogP contribution in [-0.4, -0.2) is 75.9 Å². The number of hydrogen-bond acceptors (Lipinski definition) is 6. The highest BCUT2D eigenvalue weighted by Gasteiger charge is 2.26. The van der Waals surface area contributed by atoms with Crippen LogP contribution in [0.3, 0.4) is 0 Å².